The van der Waals surface area contributed by atoms with Gasteiger partial charge in [0.25, 0.3) is 0 Å². The van der Waals surface area contributed by atoms with Crippen LogP contribution in [0.3, 0.4) is 0 Å². The summed E-state index contributed by atoms with van der Waals surface area (Å²) in [5, 5.41) is 0. The molecule has 1 aromatic rings. The van der Waals surface area contributed by atoms with Gasteiger partial charge in [-0.2, -0.15) is 0 Å². The van der Waals surface area contributed by atoms with Crippen LogP contribution >= 0.6 is 15.9 Å². The maximum atomic E-state index is 14.0. The second-order valence-corrected chi connectivity index (χ2v) is 6.11. The number of nitrogens with zero attached hydrogens (tertiary/aromatic N) is 2. The van der Waals surface area contributed by atoms with Gasteiger partial charge in [0.05, 0.1) is 4.47 Å². The van der Waals surface area contributed by atoms with Crippen molar-refractivity contribution in [2.75, 3.05) is 26.7 Å². The van der Waals surface area contributed by atoms with E-state index < -0.39 is 11.6 Å². The van der Waals surface area contributed by atoms with Crippen LogP contribution in [0.1, 0.15) is 18.9 Å². The molecule has 0 spiro atoms. The molecular weight excluding hydrogens is 314 g/mol. The van der Waals surface area contributed by atoms with Crippen LogP contribution < -0.4 is 0 Å². The first-order valence-electron chi connectivity index (χ1n) is 6.54. The Morgan fingerprint density at radius 2 is 2.05 bits per heavy atom. The van der Waals surface area contributed by atoms with Crippen LogP contribution in [-0.2, 0) is 6.54 Å². The molecule has 0 amide bonds. The van der Waals surface area contributed by atoms with Gasteiger partial charge in [-0.05, 0) is 55.0 Å². The van der Waals surface area contributed by atoms with E-state index in [0.29, 0.717) is 17.1 Å². The Hall–Kier alpha value is -0.520. The first kappa shape index (κ1) is 14.9. The smallest absolute Gasteiger partial charge is 0.144 e. The molecule has 1 aromatic carbocycles. The topological polar surface area (TPSA) is 6.48 Å². The molecule has 1 aliphatic rings. The number of benzene rings is 1. The van der Waals surface area contributed by atoms with Gasteiger partial charge < -0.3 is 4.90 Å². The molecule has 0 aromatic heterocycles. The van der Waals surface area contributed by atoms with Gasteiger partial charge in [0.2, 0.25) is 0 Å². The standard InChI is InChI=1S/C14H19BrF2N2/c1-10-8-18(2)6-3-7-19(10)9-11-13(16)5-4-12(15)14(11)17/h4-5,10H,3,6-9H2,1-2H3. The molecule has 1 heterocycles. The highest BCUT2D eigenvalue weighted by molar-refractivity contribution is 9.10. The highest BCUT2D eigenvalue weighted by Gasteiger charge is 2.22. The molecule has 1 fully saturated rings. The molecule has 0 radical (unpaired) electrons. The molecule has 2 rings (SSSR count). The molecule has 0 bridgehead atoms. The van der Waals surface area contributed by atoms with Crippen molar-refractivity contribution in [2.45, 2.75) is 25.9 Å². The minimum atomic E-state index is -0.482. The summed E-state index contributed by atoms with van der Waals surface area (Å²) in [6.45, 7) is 5.26. The fourth-order valence-electron chi connectivity index (χ4n) is 2.57. The van der Waals surface area contributed by atoms with Crippen molar-refractivity contribution in [3.63, 3.8) is 0 Å². The third kappa shape index (κ3) is 3.52. The summed E-state index contributed by atoms with van der Waals surface area (Å²) in [4.78, 5) is 4.41. The van der Waals surface area contributed by atoms with Gasteiger partial charge in [-0.1, -0.05) is 0 Å². The average Bonchev–Trinajstić information content (AvgIpc) is 2.51. The molecule has 0 aliphatic carbocycles. The molecule has 5 heteroatoms. The molecule has 1 atom stereocenters. The van der Waals surface area contributed by atoms with E-state index in [9.17, 15) is 8.78 Å². The molecule has 106 valence electrons. The number of hydrogen-bond acceptors (Lipinski definition) is 2. The summed E-state index contributed by atoms with van der Waals surface area (Å²) in [6, 6.07) is 3.02. The van der Waals surface area contributed by atoms with Gasteiger partial charge >= 0.3 is 0 Å². The molecule has 1 aliphatic heterocycles. The first-order valence-corrected chi connectivity index (χ1v) is 7.33. The average molecular weight is 333 g/mol. The first-order chi connectivity index (χ1) is 8.99. The van der Waals surface area contributed by atoms with Crippen LogP contribution in [0.15, 0.2) is 16.6 Å². The molecule has 19 heavy (non-hydrogen) atoms. The van der Waals surface area contributed by atoms with Gasteiger partial charge in [-0.15, -0.1) is 0 Å². The van der Waals surface area contributed by atoms with Crippen molar-refractivity contribution in [1.29, 1.82) is 0 Å². The Bertz CT molecular complexity index is 453. The summed E-state index contributed by atoms with van der Waals surface area (Å²) in [5.74, 6) is -0.949. The van der Waals surface area contributed by atoms with E-state index in [-0.39, 0.29) is 5.56 Å². The largest absolute Gasteiger partial charge is 0.305 e. The van der Waals surface area contributed by atoms with E-state index in [2.05, 4.69) is 39.7 Å². The summed E-state index contributed by atoms with van der Waals surface area (Å²) in [7, 11) is 2.08. The Morgan fingerprint density at radius 3 is 2.79 bits per heavy atom. The molecule has 0 N–H and O–H groups in total. The maximum absolute atomic E-state index is 14.0. The minimum Gasteiger partial charge on any atom is -0.305 e. The number of rotatable bonds is 2. The fourth-order valence-corrected chi connectivity index (χ4v) is 2.95. The molecule has 0 saturated carbocycles. The Kier molecular flexibility index (Phi) is 4.92. The minimum absolute atomic E-state index is 0.158. The predicted octanol–water partition coefficient (Wildman–Crippen LogP) is 3.25. The zero-order valence-corrected chi connectivity index (χ0v) is 12.9. The summed E-state index contributed by atoms with van der Waals surface area (Å²) in [5.41, 5.74) is 0.158. The van der Waals surface area contributed by atoms with Crippen molar-refractivity contribution in [2.24, 2.45) is 0 Å². The lowest BCUT2D eigenvalue weighted by molar-refractivity contribution is 0.190. The highest BCUT2D eigenvalue weighted by atomic mass is 79.9. The Labute approximate surface area is 121 Å². The van der Waals surface area contributed by atoms with Gasteiger partial charge in [-0.25, -0.2) is 8.78 Å². The molecule has 2 nitrogen and oxygen atoms in total. The summed E-state index contributed by atoms with van der Waals surface area (Å²) >= 11 is 3.12. The number of halogens is 3. The van der Waals surface area contributed by atoms with E-state index in [1.807, 2.05) is 0 Å². The van der Waals surface area contributed by atoms with Crippen LogP contribution in [0.2, 0.25) is 0 Å². The lowest BCUT2D eigenvalue weighted by Gasteiger charge is -2.28. The summed E-state index contributed by atoms with van der Waals surface area (Å²) in [6.07, 6.45) is 1.03. The lowest BCUT2D eigenvalue weighted by Crippen LogP contribution is -2.37. The van der Waals surface area contributed by atoms with E-state index in [1.54, 1.807) is 0 Å². The monoisotopic (exact) mass is 332 g/mol. The van der Waals surface area contributed by atoms with Gasteiger partial charge in [0.15, 0.2) is 0 Å². The van der Waals surface area contributed by atoms with Crippen LogP contribution in [0.5, 0.6) is 0 Å². The van der Waals surface area contributed by atoms with Crippen LogP contribution in [0, 0.1) is 11.6 Å². The highest BCUT2D eigenvalue weighted by Crippen LogP contribution is 2.24. The molecule has 1 unspecified atom stereocenters. The SMILES string of the molecule is CC1CN(C)CCCN1Cc1c(F)ccc(Br)c1F. The Morgan fingerprint density at radius 1 is 1.32 bits per heavy atom. The lowest BCUT2D eigenvalue weighted by atomic mass is 10.1. The quantitative estimate of drug-likeness (QED) is 0.767. The zero-order valence-electron chi connectivity index (χ0n) is 11.3. The predicted molar refractivity (Wildman–Crippen MR) is 76.0 cm³/mol. The second kappa shape index (κ2) is 6.29. The Balaban J connectivity index is 2.18. The van der Waals surface area contributed by atoms with Crippen LogP contribution in [0.25, 0.3) is 0 Å². The van der Waals surface area contributed by atoms with Gasteiger partial charge in [0.1, 0.15) is 11.6 Å². The van der Waals surface area contributed by atoms with Crippen molar-refractivity contribution in [3.8, 4) is 0 Å². The van der Waals surface area contributed by atoms with Gasteiger partial charge in [0, 0.05) is 31.2 Å². The zero-order chi connectivity index (χ0) is 14.0. The number of hydrogen-bond donors (Lipinski definition) is 0. The van der Waals surface area contributed by atoms with Crippen molar-refractivity contribution >= 4 is 15.9 Å². The van der Waals surface area contributed by atoms with Crippen molar-refractivity contribution in [3.05, 3.63) is 33.8 Å². The van der Waals surface area contributed by atoms with E-state index in [1.165, 1.54) is 12.1 Å². The maximum Gasteiger partial charge on any atom is 0.144 e. The van der Waals surface area contributed by atoms with E-state index >= 15 is 0 Å². The van der Waals surface area contributed by atoms with E-state index in [4.69, 9.17) is 0 Å². The van der Waals surface area contributed by atoms with Gasteiger partial charge in [-0.3, -0.25) is 4.90 Å². The van der Waals surface area contributed by atoms with Crippen LogP contribution in [-0.4, -0.2) is 42.5 Å². The van der Waals surface area contributed by atoms with E-state index in [0.717, 1.165) is 26.1 Å². The molecular formula is C14H19BrF2N2. The summed E-state index contributed by atoms with van der Waals surface area (Å²) < 4.78 is 28.1. The third-order valence-corrected chi connectivity index (χ3v) is 4.30. The fraction of sp³-hybridized carbons (Fsp3) is 0.571. The third-order valence-electron chi connectivity index (χ3n) is 3.68. The van der Waals surface area contributed by atoms with Crippen LogP contribution in [0.4, 0.5) is 8.78 Å². The number of likely N-dealkylation sites (N-methyl/N-ethyl adjacent to an activating group) is 1. The van der Waals surface area contributed by atoms with Crippen molar-refractivity contribution in [1.82, 2.24) is 9.80 Å². The van der Waals surface area contributed by atoms with Crippen molar-refractivity contribution < 1.29 is 8.78 Å². The molecule has 1 saturated heterocycles. The second-order valence-electron chi connectivity index (χ2n) is 5.26. The normalized spacial score (nSPS) is 22.5.